The average Bonchev–Trinajstić information content (AvgIpc) is 2.92. The van der Waals surface area contributed by atoms with E-state index in [9.17, 15) is 4.79 Å². The van der Waals surface area contributed by atoms with Crippen LogP contribution in [-0.4, -0.2) is 22.6 Å². The number of anilines is 1. The number of hydrogen-bond acceptors (Lipinski definition) is 2. The van der Waals surface area contributed by atoms with Crippen molar-refractivity contribution in [2.45, 2.75) is 0 Å². The zero-order valence-electron chi connectivity index (χ0n) is 11.0. The number of para-hydroxylation sites is 2. The number of aromatic nitrogens is 2. The van der Waals surface area contributed by atoms with Gasteiger partial charge in [-0.3, -0.25) is 4.57 Å². The van der Waals surface area contributed by atoms with E-state index in [1.165, 1.54) is 0 Å². The molecular formula is C15H14N4O. The van der Waals surface area contributed by atoms with Crippen LogP contribution in [-0.2, 0) is 0 Å². The van der Waals surface area contributed by atoms with Crippen molar-refractivity contribution in [2.75, 3.05) is 12.4 Å². The predicted octanol–water partition coefficient (Wildman–Crippen LogP) is 2.78. The van der Waals surface area contributed by atoms with Crippen LogP contribution in [0.3, 0.4) is 0 Å². The highest BCUT2D eigenvalue weighted by atomic mass is 16.2. The summed E-state index contributed by atoms with van der Waals surface area (Å²) in [5, 5.41) is 5.24. The van der Waals surface area contributed by atoms with Gasteiger partial charge in [-0.15, -0.1) is 0 Å². The van der Waals surface area contributed by atoms with Crippen molar-refractivity contribution < 1.29 is 4.79 Å². The number of nitrogens with one attached hydrogen (secondary N) is 2. The highest BCUT2D eigenvalue weighted by molar-refractivity contribution is 5.89. The van der Waals surface area contributed by atoms with Gasteiger partial charge in [-0.2, -0.15) is 0 Å². The Bertz CT molecular complexity index is 746. The van der Waals surface area contributed by atoms with E-state index in [0.29, 0.717) is 0 Å². The summed E-state index contributed by atoms with van der Waals surface area (Å²) in [5.41, 5.74) is 3.76. The number of carbonyl (C=O) groups excluding carboxylic acids is 1. The van der Waals surface area contributed by atoms with Crippen LogP contribution in [0.4, 0.5) is 10.5 Å². The molecule has 5 nitrogen and oxygen atoms in total. The summed E-state index contributed by atoms with van der Waals surface area (Å²) in [6.07, 6.45) is 1.80. The molecule has 2 amide bonds. The van der Waals surface area contributed by atoms with Crippen molar-refractivity contribution in [2.24, 2.45) is 0 Å². The Balaban J connectivity index is 1.93. The van der Waals surface area contributed by atoms with Crippen molar-refractivity contribution in [3.8, 4) is 5.69 Å². The fraction of sp³-hybridized carbons (Fsp3) is 0.0667. The molecule has 0 spiro atoms. The molecule has 0 bridgehead atoms. The summed E-state index contributed by atoms with van der Waals surface area (Å²) in [5.74, 6) is 0. The Morgan fingerprint density at radius 2 is 1.85 bits per heavy atom. The number of nitrogens with zero attached hydrogens (tertiary/aromatic N) is 2. The average molecular weight is 266 g/mol. The van der Waals surface area contributed by atoms with Crippen molar-refractivity contribution in [1.29, 1.82) is 0 Å². The van der Waals surface area contributed by atoms with Crippen LogP contribution in [0.2, 0.25) is 0 Å². The standard InChI is InChI=1S/C15H14N4O/c1-16-15(20)18-11-6-8-12(9-7-11)19-10-17-13-4-2-3-5-14(13)19/h2-10H,1H3,(H2,16,18,20). The SMILES string of the molecule is CNC(=O)Nc1ccc(-n2cnc3ccccc32)cc1. The van der Waals surface area contributed by atoms with E-state index in [1.54, 1.807) is 13.4 Å². The summed E-state index contributed by atoms with van der Waals surface area (Å²) < 4.78 is 2.01. The number of carbonyl (C=O) groups is 1. The maximum atomic E-state index is 11.2. The normalized spacial score (nSPS) is 10.4. The third-order valence-corrected chi connectivity index (χ3v) is 3.08. The third-order valence-electron chi connectivity index (χ3n) is 3.08. The van der Waals surface area contributed by atoms with Crippen molar-refractivity contribution in [1.82, 2.24) is 14.9 Å². The number of rotatable bonds is 2. The third kappa shape index (κ3) is 2.21. The lowest BCUT2D eigenvalue weighted by atomic mass is 10.2. The molecule has 1 aromatic heterocycles. The number of fused-ring (bicyclic) bond motifs is 1. The smallest absolute Gasteiger partial charge is 0.318 e. The molecular weight excluding hydrogens is 252 g/mol. The lowest BCUT2D eigenvalue weighted by Crippen LogP contribution is -2.24. The molecule has 2 N–H and O–H groups in total. The molecule has 3 aromatic rings. The first-order valence-electron chi connectivity index (χ1n) is 6.29. The van der Waals surface area contributed by atoms with Gasteiger partial charge in [0.2, 0.25) is 0 Å². The maximum Gasteiger partial charge on any atom is 0.318 e. The topological polar surface area (TPSA) is 59.0 Å². The number of benzene rings is 2. The largest absolute Gasteiger partial charge is 0.341 e. The van der Waals surface area contributed by atoms with Gasteiger partial charge in [0.05, 0.1) is 11.0 Å². The summed E-state index contributed by atoms with van der Waals surface area (Å²) in [6.45, 7) is 0. The van der Waals surface area contributed by atoms with Gasteiger partial charge in [0, 0.05) is 18.4 Å². The van der Waals surface area contributed by atoms with Crippen LogP contribution in [0.25, 0.3) is 16.7 Å². The zero-order valence-corrected chi connectivity index (χ0v) is 11.0. The fourth-order valence-electron chi connectivity index (χ4n) is 2.06. The lowest BCUT2D eigenvalue weighted by Gasteiger charge is -2.07. The van der Waals surface area contributed by atoms with E-state index in [-0.39, 0.29) is 6.03 Å². The Kier molecular flexibility index (Phi) is 3.09. The van der Waals surface area contributed by atoms with Crippen LogP contribution in [0, 0.1) is 0 Å². The second kappa shape index (κ2) is 5.05. The van der Waals surface area contributed by atoms with Crippen molar-refractivity contribution >= 4 is 22.8 Å². The predicted molar refractivity (Wildman–Crippen MR) is 79.1 cm³/mol. The molecule has 3 rings (SSSR count). The minimum absolute atomic E-state index is 0.231. The summed E-state index contributed by atoms with van der Waals surface area (Å²) in [7, 11) is 1.58. The fourth-order valence-corrected chi connectivity index (χ4v) is 2.06. The molecule has 0 fully saturated rings. The van der Waals surface area contributed by atoms with E-state index >= 15 is 0 Å². The summed E-state index contributed by atoms with van der Waals surface area (Å²) in [6, 6.07) is 15.3. The van der Waals surface area contributed by atoms with Crippen molar-refractivity contribution in [3.05, 3.63) is 54.9 Å². The van der Waals surface area contributed by atoms with Gasteiger partial charge in [-0.1, -0.05) is 12.1 Å². The Morgan fingerprint density at radius 1 is 1.10 bits per heavy atom. The number of hydrogen-bond donors (Lipinski definition) is 2. The second-order valence-electron chi connectivity index (χ2n) is 4.35. The second-order valence-corrected chi connectivity index (χ2v) is 4.35. The molecule has 0 atom stereocenters. The molecule has 0 saturated heterocycles. The molecule has 0 unspecified atom stereocenters. The first-order valence-corrected chi connectivity index (χ1v) is 6.29. The quantitative estimate of drug-likeness (QED) is 0.749. The van der Waals surface area contributed by atoms with Crippen molar-refractivity contribution in [3.63, 3.8) is 0 Å². The first-order chi connectivity index (χ1) is 9.78. The molecule has 0 aliphatic heterocycles. The van der Waals surface area contributed by atoms with E-state index in [1.807, 2.05) is 53.1 Å². The van der Waals surface area contributed by atoms with Crippen LogP contribution < -0.4 is 10.6 Å². The maximum absolute atomic E-state index is 11.2. The molecule has 20 heavy (non-hydrogen) atoms. The Morgan fingerprint density at radius 3 is 2.60 bits per heavy atom. The van der Waals surface area contributed by atoms with Crippen LogP contribution in [0.5, 0.6) is 0 Å². The van der Waals surface area contributed by atoms with Crippen LogP contribution in [0.1, 0.15) is 0 Å². The highest BCUT2D eigenvalue weighted by Gasteiger charge is 2.04. The molecule has 0 radical (unpaired) electrons. The Labute approximate surface area is 116 Å². The van der Waals surface area contributed by atoms with Gasteiger partial charge in [0.25, 0.3) is 0 Å². The van der Waals surface area contributed by atoms with Gasteiger partial charge in [-0.25, -0.2) is 9.78 Å². The minimum Gasteiger partial charge on any atom is -0.341 e. The van der Waals surface area contributed by atoms with Gasteiger partial charge >= 0.3 is 6.03 Å². The highest BCUT2D eigenvalue weighted by Crippen LogP contribution is 2.19. The summed E-state index contributed by atoms with van der Waals surface area (Å²) in [4.78, 5) is 15.6. The summed E-state index contributed by atoms with van der Waals surface area (Å²) >= 11 is 0. The van der Waals surface area contributed by atoms with Gasteiger partial charge in [-0.05, 0) is 36.4 Å². The monoisotopic (exact) mass is 266 g/mol. The molecule has 1 heterocycles. The molecule has 0 aliphatic carbocycles. The number of amides is 2. The minimum atomic E-state index is -0.231. The van der Waals surface area contributed by atoms with E-state index in [4.69, 9.17) is 0 Å². The van der Waals surface area contributed by atoms with Gasteiger partial charge in [0.1, 0.15) is 6.33 Å². The van der Waals surface area contributed by atoms with Crippen LogP contribution >= 0.6 is 0 Å². The lowest BCUT2D eigenvalue weighted by molar-refractivity contribution is 0.254. The Hall–Kier alpha value is -2.82. The van der Waals surface area contributed by atoms with Crippen LogP contribution in [0.15, 0.2) is 54.9 Å². The number of urea groups is 1. The molecule has 0 aliphatic rings. The van der Waals surface area contributed by atoms with E-state index < -0.39 is 0 Å². The van der Waals surface area contributed by atoms with Gasteiger partial charge < -0.3 is 10.6 Å². The van der Waals surface area contributed by atoms with E-state index in [2.05, 4.69) is 15.6 Å². The first kappa shape index (κ1) is 12.2. The molecule has 100 valence electrons. The molecule has 5 heteroatoms. The van der Waals surface area contributed by atoms with Gasteiger partial charge in [0.15, 0.2) is 0 Å². The number of imidazole rings is 1. The molecule has 0 saturated carbocycles. The molecule has 2 aromatic carbocycles. The van der Waals surface area contributed by atoms with E-state index in [0.717, 1.165) is 22.4 Å². The zero-order chi connectivity index (χ0) is 13.9.